The quantitative estimate of drug-likeness (QED) is 0.670. The third kappa shape index (κ3) is 1.64. The number of ether oxygens (including phenoxy) is 1. The molecule has 2 rings (SSSR count). The fourth-order valence-corrected chi connectivity index (χ4v) is 2.55. The molecule has 1 saturated carbocycles. The zero-order valence-corrected chi connectivity index (χ0v) is 8.25. The van der Waals surface area contributed by atoms with E-state index in [0.717, 1.165) is 18.9 Å². The van der Waals surface area contributed by atoms with Crippen molar-refractivity contribution in [2.75, 3.05) is 6.61 Å². The number of nitrogens with zero attached hydrogens (tertiary/aromatic N) is 1. The SMILES string of the molecule is CCC1CCCC2(COC(N)=N2)C1. The summed E-state index contributed by atoms with van der Waals surface area (Å²) in [6.45, 7) is 2.97. The van der Waals surface area contributed by atoms with Crippen molar-refractivity contribution in [1.82, 2.24) is 0 Å². The zero-order chi connectivity index (χ0) is 9.31. The van der Waals surface area contributed by atoms with Crippen LogP contribution in [0.5, 0.6) is 0 Å². The zero-order valence-electron chi connectivity index (χ0n) is 8.25. The van der Waals surface area contributed by atoms with E-state index in [2.05, 4.69) is 11.9 Å². The Morgan fingerprint density at radius 2 is 2.54 bits per heavy atom. The lowest BCUT2D eigenvalue weighted by molar-refractivity contribution is 0.168. The summed E-state index contributed by atoms with van der Waals surface area (Å²) in [5, 5.41) is 0. The Kier molecular flexibility index (Phi) is 2.18. The van der Waals surface area contributed by atoms with E-state index in [0.29, 0.717) is 6.02 Å². The van der Waals surface area contributed by atoms with Crippen molar-refractivity contribution in [1.29, 1.82) is 0 Å². The minimum atomic E-state index is 0.0585. The van der Waals surface area contributed by atoms with Crippen molar-refractivity contribution < 1.29 is 4.74 Å². The predicted molar refractivity (Wildman–Crippen MR) is 52.6 cm³/mol. The third-order valence-corrected chi connectivity index (χ3v) is 3.34. The van der Waals surface area contributed by atoms with E-state index in [4.69, 9.17) is 10.5 Å². The Balaban J connectivity index is 2.06. The van der Waals surface area contributed by atoms with Crippen molar-refractivity contribution in [2.45, 2.75) is 44.6 Å². The molecule has 0 aromatic rings. The molecule has 2 atom stereocenters. The number of aliphatic imine (C=N–C) groups is 1. The van der Waals surface area contributed by atoms with Crippen LogP contribution in [0.25, 0.3) is 0 Å². The summed E-state index contributed by atoms with van der Waals surface area (Å²) in [5.74, 6) is 0.826. The molecule has 0 aromatic heterocycles. The first-order valence-electron chi connectivity index (χ1n) is 5.22. The highest BCUT2D eigenvalue weighted by molar-refractivity contribution is 5.73. The fourth-order valence-electron chi connectivity index (χ4n) is 2.55. The number of hydrogen-bond donors (Lipinski definition) is 1. The number of nitrogens with two attached hydrogens (primary N) is 1. The van der Waals surface area contributed by atoms with E-state index >= 15 is 0 Å². The average molecular weight is 182 g/mol. The van der Waals surface area contributed by atoms with Gasteiger partial charge in [-0.3, -0.25) is 0 Å². The Bertz CT molecular complexity index is 227. The molecule has 2 N–H and O–H groups in total. The van der Waals surface area contributed by atoms with E-state index in [9.17, 15) is 0 Å². The van der Waals surface area contributed by atoms with Gasteiger partial charge in [-0.05, 0) is 18.8 Å². The number of amidine groups is 1. The van der Waals surface area contributed by atoms with Gasteiger partial charge in [0.25, 0.3) is 6.02 Å². The minimum Gasteiger partial charge on any atom is -0.463 e. The third-order valence-electron chi connectivity index (χ3n) is 3.34. The lowest BCUT2D eigenvalue weighted by Gasteiger charge is -2.33. The maximum Gasteiger partial charge on any atom is 0.282 e. The molecule has 74 valence electrons. The summed E-state index contributed by atoms with van der Waals surface area (Å²) in [4.78, 5) is 4.45. The smallest absolute Gasteiger partial charge is 0.282 e. The summed E-state index contributed by atoms with van der Waals surface area (Å²) in [6.07, 6.45) is 6.22. The van der Waals surface area contributed by atoms with Gasteiger partial charge in [-0.2, -0.15) is 0 Å². The van der Waals surface area contributed by atoms with Crippen LogP contribution in [0.1, 0.15) is 39.0 Å². The van der Waals surface area contributed by atoms with Gasteiger partial charge in [-0.25, -0.2) is 4.99 Å². The molecule has 0 bridgehead atoms. The number of rotatable bonds is 1. The van der Waals surface area contributed by atoms with E-state index < -0.39 is 0 Å². The highest BCUT2D eigenvalue weighted by Crippen LogP contribution is 2.38. The van der Waals surface area contributed by atoms with E-state index in [1.807, 2.05) is 0 Å². The molecule has 3 heteroatoms. The van der Waals surface area contributed by atoms with Gasteiger partial charge in [-0.15, -0.1) is 0 Å². The molecule has 1 spiro atoms. The molecule has 1 fully saturated rings. The van der Waals surface area contributed by atoms with Crippen LogP contribution in [0.15, 0.2) is 4.99 Å². The van der Waals surface area contributed by atoms with Gasteiger partial charge in [0.05, 0.1) is 0 Å². The second kappa shape index (κ2) is 3.20. The molecule has 1 heterocycles. The van der Waals surface area contributed by atoms with Gasteiger partial charge < -0.3 is 10.5 Å². The molecule has 2 aliphatic rings. The van der Waals surface area contributed by atoms with Gasteiger partial charge >= 0.3 is 0 Å². The summed E-state index contributed by atoms with van der Waals surface area (Å²) in [6, 6.07) is 0.400. The van der Waals surface area contributed by atoms with Crippen LogP contribution < -0.4 is 5.73 Å². The van der Waals surface area contributed by atoms with Crippen molar-refractivity contribution >= 4 is 6.02 Å². The molecule has 0 radical (unpaired) electrons. The Hall–Kier alpha value is -0.730. The lowest BCUT2D eigenvalue weighted by Crippen LogP contribution is -2.34. The van der Waals surface area contributed by atoms with Gasteiger partial charge in [0.15, 0.2) is 0 Å². The topological polar surface area (TPSA) is 47.6 Å². The van der Waals surface area contributed by atoms with Gasteiger partial charge in [0, 0.05) is 0 Å². The van der Waals surface area contributed by atoms with Crippen LogP contribution in [-0.2, 0) is 4.74 Å². The van der Waals surface area contributed by atoms with E-state index in [-0.39, 0.29) is 5.54 Å². The molecule has 0 saturated heterocycles. The van der Waals surface area contributed by atoms with Gasteiger partial charge in [-0.1, -0.05) is 26.2 Å². The molecule has 2 unspecified atom stereocenters. The summed E-state index contributed by atoms with van der Waals surface area (Å²) < 4.78 is 5.27. The fraction of sp³-hybridized carbons (Fsp3) is 0.900. The van der Waals surface area contributed by atoms with Gasteiger partial charge in [0.2, 0.25) is 0 Å². The van der Waals surface area contributed by atoms with Crippen molar-refractivity contribution in [3.63, 3.8) is 0 Å². The van der Waals surface area contributed by atoms with Crippen molar-refractivity contribution in [3.05, 3.63) is 0 Å². The average Bonchev–Trinajstić information content (AvgIpc) is 2.47. The maximum absolute atomic E-state index is 5.55. The van der Waals surface area contributed by atoms with Crippen LogP contribution >= 0.6 is 0 Å². The van der Waals surface area contributed by atoms with E-state index in [1.54, 1.807) is 0 Å². The van der Waals surface area contributed by atoms with Crippen molar-refractivity contribution in [3.8, 4) is 0 Å². The highest BCUT2D eigenvalue weighted by Gasteiger charge is 2.40. The summed E-state index contributed by atoms with van der Waals surface area (Å²) in [5.41, 5.74) is 5.61. The van der Waals surface area contributed by atoms with Gasteiger partial charge in [0.1, 0.15) is 12.1 Å². The Morgan fingerprint density at radius 3 is 3.15 bits per heavy atom. The first-order valence-corrected chi connectivity index (χ1v) is 5.22. The molecule has 13 heavy (non-hydrogen) atoms. The van der Waals surface area contributed by atoms with Crippen LogP contribution in [0.3, 0.4) is 0 Å². The van der Waals surface area contributed by atoms with Crippen LogP contribution in [0, 0.1) is 5.92 Å². The Labute approximate surface area is 79.4 Å². The normalized spacial score (nSPS) is 38.8. The standard InChI is InChI=1S/C10H18N2O/c1-2-8-4-3-5-10(6-8)7-13-9(11)12-10/h8H,2-7H2,1H3,(H2,11,12). The Morgan fingerprint density at radius 1 is 1.69 bits per heavy atom. The molecule has 3 nitrogen and oxygen atoms in total. The first kappa shape index (κ1) is 8.85. The van der Waals surface area contributed by atoms with E-state index in [1.165, 1.54) is 25.7 Å². The van der Waals surface area contributed by atoms with Crippen molar-refractivity contribution in [2.24, 2.45) is 16.6 Å². The molecule has 0 aromatic carbocycles. The molecular weight excluding hydrogens is 164 g/mol. The largest absolute Gasteiger partial charge is 0.463 e. The van der Waals surface area contributed by atoms with Crippen LogP contribution in [-0.4, -0.2) is 18.2 Å². The molecule has 1 aliphatic carbocycles. The minimum absolute atomic E-state index is 0.0585. The number of hydrogen-bond acceptors (Lipinski definition) is 3. The monoisotopic (exact) mass is 182 g/mol. The summed E-state index contributed by atoms with van der Waals surface area (Å²) >= 11 is 0. The second-order valence-electron chi connectivity index (χ2n) is 4.33. The lowest BCUT2D eigenvalue weighted by atomic mass is 9.76. The molecule has 0 amide bonds. The van der Waals surface area contributed by atoms with Crippen LogP contribution in [0.4, 0.5) is 0 Å². The maximum atomic E-state index is 5.55. The van der Waals surface area contributed by atoms with Crippen LogP contribution in [0.2, 0.25) is 0 Å². The molecular formula is C10H18N2O. The highest BCUT2D eigenvalue weighted by atomic mass is 16.5. The first-order chi connectivity index (χ1) is 6.24. The second-order valence-corrected chi connectivity index (χ2v) is 4.33. The predicted octanol–water partition coefficient (Wildman–Crippen LogP) is 1.67. The molecule has 1 aliphatic heterocycles. The summed E-state index contributed by atoms with van der Waals surface area (Å²) in [7, 11) is 0.